The van der Waals surface area contributed by atoms with Crippen LogP contribution in [0.25, 0.3) is 0 Å². The molecule has 64 valence electrons. The predicted molar refractivity (Wildman–Crippen MR) is 47.4 cm³/mol. The second kappa shape index (κ2) is 3.91. The third-order valence-electron chi connectivity index (χ3n) is 2.50. The van der Waals surface area contributed by atoms with Crippen molar-refractivity contribution in [2.45, 2.75) is 45.6 Å². The van der Waals surface area contributed by atoms with Crippen molar-refractivity contribution in [2.24, 2.45) is 5.92 Å². The summed E-state index contributed by atoms with van der Waals surface area (Å²) in [5.41, 5.74) is 1.39. The van der Waals surface area contributed by atoms with E-state index in [0.717, 1.165) is 5.92 Å². The lowest BCUT2D eigenvalue weighted by molar-refractivity contribution is 0.242. The van der Waals surface area contributed by atoms with E-state index in [-0.39, 0.29) is 6.10 Å². The Bertz CT molecular complexity index is 141. The number of hydrogen-bond acceptors (Lipinski definition) is 1. The highest BCUT2D eigenvalue weighted by Crippen LogP contribution is 2.30. The van der Waals surface area contributed by atoms with Gasteiger partial charge in [-0.15, -0.1) is 0 Å². The summed E-state index contributed by atoms with van der Waals surface area (Å²) in [6, 6.07) is 0. The fourth-order valence-corrected chi connectivity index (χ4v) is 1.90. The summed E-state index contributed by atoms with van der Waals surface area (Å²) in [5.74, 6) is 0.768. The van der Waals surface area contributed by atoms with Gasteiger partial charge >= 0.3 is 0 Å². The monoisotopic (exact) mass is 154 g/mol. The molecule has 1 nitrogen and oxygen atoms in total. The first-order valence-electron chi connectivity index (χ1n) is 4.56. The molecule has 0 radical (unpaired) electrons. The first kappa shape index (κ1) is 8.79. The number of hydrogen-bond donors (Lipinski definition) is 1. The van der Waals surface area contributed by atoms with Gasteiger partial charge in [-0.05, 0) is 32.6 Å². The van der Waals surface area contributed by atoms with Crippen molar-refractivity contribution in [3.8, 4) is 0 Å². The Morgan fingerprint density at radius 2 is 2.00 bits per heavy atom. The van der Waals surface area contributed by atoms with Crippen molar-refractivity contribution in [1.82, 2.24) is 0 Å². The maximum Gasteiger partial charge on any atom is 0.0695 e. The average Bonchev–Trinajstić information content (AvgIpc) is 2.35. The fraction of sp³-hybridized carbons (Fsp3) is 0.800. The molecule has 0 saturated heterocycles. The van der Waals surface area contributed by atoms with E-state index in [9.17, 15) is 0 Å². The molecule has 1 rings (SSSR count). The smallest absolute Gasteiger partial charge is 0.0695 e. The summed E-state index contributed by atoms with van der Waals surface area (Å²) >= 11 is 0. The van der Waals surface area contributed by atoms with Crippen molar-refractivity contribution in [2.75, 3.05) is 0 Å². The number of allylic oxidation sites excluding steroid dienone is 1. The Morgan fingerprint density at radius 1 is 1.45 bits per heavy atom. The topological polar surface area (TPSA) is 20.2 Å². The standard InChI is InChI=1S/C10H18O/c1-8(7-9(2)11)10-5-3-4-6-10/h7,9-11H,3-6H2,1-2H3/b8-7-. The van der Waals surface area contributed by atoms with Crippen LogP contribution in [0.2, 0.25) is 0 Å². The van der Waals surface area contributed by atoms with Crippen LogP contribution in [0.15, 0.2) is 11.6 Å². The second-order valence-corrected chi connectivity index (χ2v) is 3.63. The molecule has 0 heterocycles. The van der Waals surface area contributed by atoms with Crippen molar-refractivity contribution in [1.29, 1.82) is 0 Å². The van der Waals surface area contributed by atoms with E-state index in [0.29, 0.717) is 0 Å². The van der Waals surface area contributed by atoms with Gasteiger partial charge in [-0.3, -0.25) is 0 Å². The molecule has 11 heavy (non-hydrogen) atoms. The average molecular weight is 154 g/mol. The normalized spacial score (nSPS) is 24.1. The van der Waals surface area contributed by atoms with Gasteiger partial charge in [-0.1, -0.05) is 24.5 Å². The molecule has 1 unspecified atom stereocenters. The van der Waals surface area contributed by atoms with Crippen molar-refractivity contribution < 1.29 is 5.11 Å². The van der Waals surface area contributed by atoms with Crippen molar-refractivity contribution in [3.63, 3.8) is 0 Å². The summed E-state index contributed by atoms with van der Waals surface area (Å²) in [6.07, 6.45) is 7.11. The zero-order chi connectivity index (χ0) is 8.27. The predicted octanol–water partition coefficient (Wildman–Crippen LogP) is 2.50. The van der Waals surface area contributed by atoms with E-state index in [1.807, 2.05) is 13.0 Å². The maximum absolute atomic E-state index is 9.11. The Kier molecular flexibility index (Phi) is 3.13. The van der Waals surface area contributed by atoms with E-state index in [4.69, 9.17) is 5.11 Å². The van der Waals surface area contributed by atoms with Crippen LogP contribution in [0.3, 0.4) is 0 Å². The van der Waals surface area contributed by atoms with E-state index in [1.54, 1.807) is 0 Å². The van der Waals surface area contributed by atoms with Crippen LogP contribution in [-0.2, 0) is 0 Å². The van der Waals surface area contributed by atoms with Crippen LogP contribution >= 0.6 is 0 Å². The molecule has 1 saturated carbocycles. The van der Waals surface area contributed by atoms with Crippen LogP contribution < -0.4 is 0 Å². The van der Waals surface area contributed by atoms with Gasteiger partial charge in [0.2, 0.25) is 0 Å². The molecule has 0 aliphatic heterocycles. The molecule has 1 heteroatoms. The fourth-order valence-electron chi connectivity index (χ4n) is 1.90. The molecule has 1 aliphatic carbocycles. The van der Waals surface area contributed by atoms with E-state index >= 15 is 0 Å². The summed E-state index contributed by atoms with van der Waals surface area (Å²) in [4.78, 5) is 0. The van der Waals surface area contributed by atoms with Crippen molar-refractivity contribution >= 4 is 0 Å². The number of rotatable bonds is 2. The molecule has 0 spiro atoms. The van der Waals surface area contributed by atoms with Gasteiger partial charge in [0.05, 0.1) is 6.10 Å². The van der Waals surface area contributed by atoms with E-state index < -0.39 is 0 Å². The highest BCUT2D eigenvalue weighted by Gasteiger charge is 2.16. The number of aliphatic hydroxyl groups excluding tert-OH is 1. The van der Waals surface area contributed by atoms with E-state index in [2.05, 4.69) is 6.92 Å². The van der Waals surface area contributed by atoms with Crippen molar-refractivity contribution in [3.05, 3.63) is 11.6 Å². The Labute approximate surface area is 69.1 Å². The second-order valence-electron chi connectivity index (χ2n) is 3.63. The summed E-state index contributed by atoms with van der Waals surface area (Å²) in [6.45, 7) is 3.96. The highest BCUT2D eigenvalue weighted by molar-refractivity contribution is 5.06. The SMILES string of the molecule is C/C(=C/C(C)O)C1CCCC1. The molecule has 0 aromatic heterocycles. The van der Waals surface area contributed by atoms with Gasteiger partial charge in [-0.2, -0.15) is 0 Å². The lowest BCUT2D eigenvalue weighted by atomic mass is 9.98. The Morgan fingerprint density at radius 3 is 2.45 bits per heavy atom. The zero-order valence-corrected chi connectivity index (χ0v) is 7.51. The van der Waals surface area contributed by atoms with Gasteiger partial charge in [0.1, 0.15) is 0 Å². The van der Waals surface area contributed by atoms with E-state index in [1.165, 1.54) is 31.3 Å². The molecule has 0 amide bonds. The minimum Gasteiger partial charge on any atom is -0.389 e. The number of aliphatic hydroxyl groups is 1. The summed E-state index contributed by atoms with van der Waals surface area (Å²) in [5, 5.41) is 9.11. The molecule has 1 aliphatic rings. The van der Waals surface area contributed by atoms with Crippen LogP contribution in [0, 0.1) is 5.92 Å². The molecular formula is C10H18O. The highest BCUT2D eigenvalue weighted by atomic mass is 16.3. The molecule has 1 N–H and O–H groups in total. The molecular weight excluding hydrogens is 136 g/mol. The van der Waals surface area contributed by atoms with Gasteiger partial charge in [0, 0.05) is 0 Å². The van der Waals surface area contributed by atoms with Gasteiger partial charge < -0.3 is 5.11 Å². The minimum absolute atomic E-state index is 0.268. The van der Waals surface area contributed by atoms with Gasteiger partial charge in [-0.25, -0.2) is 0 Å². The van der Waals surface area contributed by atoms with Crippen LogP contribution in [0.5, 0.6) is 0 Å². The lowest BCUT2D eigenvalue weighted by Crippen LogP contribution is -2.00. The Hall–Kier alpha value is -0.300. The molecule has 0 aromatic carbocycles. The third kappa shape index (κ3) is 2.66. The zero-order valence-electron chi connectivity index (χ0n) is 7.51. The van der Waals surface area contributed by atoms with Crippen LogP contribution in [-0.4, -0.2) is 11.2 Å². The quantitative estimate of drug-likeness (QED) is 0.606. The lowest BCUT2D eigenvalue weighted by Gasteiger charge is -2.10. The molecule has 1 fully saturated rings. The largest absolute Gasteiger partial charge is 0.389 e. The molecule has 0 aromatic rings. The van der Waals surface area contributed by atoms with Crippen LogP contribution in [0.1, 0.15) is 39.5 Å². The third-order valence-corrected chi connectivity index (χ3v) is 2.50. The minimum atomic E-state index is -0.268. The first-order chi connectivity index (χ1) is 5.20. The molecule has 1 atom stereocenters. The van der Waals surface area contributed by atoms with Gasteiger partial charge in [0.15, 0.2) is 0 Å². The first-order valence-corrected chi connectivity index (χ1v) is 4.56. The molecule has 0 bridgehead atoms. The van der Waals surface area contributed by atoms with Crippen LogP contribution in [0.4, 0.5) is 0 Å². The summed E-state index contributed by atoms with van der Waals surface area (Å²) in [7, 11) is 0. The summed E-state index contributed by atoms with van der Waals surface area (Å²) < 4.78 is 0. The Balaban J connectivity index is 2.45. The maximum atomic E-state index is 9.11. The van der Waals surface area contributed by atoms with Gasteiger partial charge in [0.25, 0.3) is 0 Å².